The highest BCUT2D eigenvalue weighted by Crippen LogP contribution is 2.41. The highest BCUT2D eigenvalue weighted by molar-refractivity contribution is 5.73. The van der Waals surface area contributed by atoms with Crippen molar-refractivity contribution in [2.75, 3.05) is 12.0 Å². The van der Waals surface area contributed by atoms with Gasteiger partial charge < -0.3 is 9.88 Å². The standard InChI is InChI=1S/C20H16F6N8/c1-32-16(2-3-28-32)29-15-5-12(13(22)7-27-15)10-4-14-17-30-31-19(20(25,26)18(23)24)34(17)11(6-21)9-33(14)8-10/h2-5,7-8,11,18H,6,9H2,1H3,(H,27,29)/t11-/m0/s1. The lowest BCUT2D eigenvalue weighted by Crippen LogP contribution is -2.33. The van der Waals surface area contributed by atoms with Gasteiger partial charge in [0.15, 0.2) is 5.82 Å². The van der Waals surface area contributed by atoms with Crippen LogP contribution in [0.2, 0.25) is 0 Å². The molecule has 0 bridgehead atoms. The van der Waals surface area contributed by atoms with Crippen molar-refractivity contribution >= 4 is 11.6 Å². The Morgan fingerprint density at radius 1 is 1.24 bits per heavy atom. The highest BCUT2D eigenvalue weighted by Gasteiger charge is 2.49. The first-order chi connectivity index (χ1) is 16.2. The third-order valence-corrected chi connectivity index (χ3v) is 5.59. The summed E-state index contributed by atoms with van der Waals surface area (Å²) in [4.78, 5) is 4.01. The summed E-state index contributed by atoms with van der Waals surface area (Å²) in [7, 11) is 1.71. The van der Waals surface area contributed by atoms with Gasteiger partial charge in [0.1, 0.15) is 24.1 Å². The minimum Gasteiger partial charge on any atom is -0.342 e. The maximum absolute atomic E-state index is 14.7. The van der Waals surface area contributed by atoms with E-state index in [2.05, 4.69) is 25.6 Å². The number of pyridine rings is 1. The Morgan fingerprint density at radius 2 is 2.03 bits per heavy atom. The van der Waals surface area contributed by atoms with Crippen LogP contribution in [0.3, 0.4) is 0 Å². The average Bonchev–Trinajstić information content (AvgIpc) is 3.52. The second kappa shape index (κ2) is 7.88. The first-order valence-corrected chi connectivity index (χ1v) is 9.99. The van der Waals surface area contributed by atoms with Crippen molar-refractivity contribution in [2.24, 2.45) is 7.05 Å². The van der Waals surface area contributed by atoms with E-state index >= 15 is 0 Å². The molecule has 0 aliphatic carbocycles. The van der Waals surface area contributed by atoms with Crippen molar-refractivity contribution in [3.05, 3.63) is 48.4 Å². The smallest absolute Gasteiger partial charge is 0.342 e. The van der Waals surface area contributed by atoms with E-state index in [4.69, 9.17) is 0 Å². The van der Waals surface area contributed by atoms with Crippen molar-refractivity contribution in [1.82, 2.24) is 34.1 Å². The minimum atomic E-state index is -4.61. The summed E-state index contributed by atoms with van der Waals surface area (Å²) in [6.07, 6.45) is 0.0472. The number of nitrogens with one attached hydrogen (secondary N) is 1. The predicted octanol–water partition coefficient (Wildman–Crippen LogP) is 4.31. The Morgan fingerprint density at radius 3 is 2.71 bits per heavy atom. The highest BCUT2D eigenvalue weighted by atomic mass is 19.3. The summed E-state index contributed by atoms with van der Waals surface area (Å²) in [5, 5.41) is 13.9. The molecule has 4 aromatic heterocycles. The van der Waals surface area contributed by atoms with Crippen molar-refractivity contribution in [1.29, 1.82) is 0 Å². The van der Waals surface area contributed by atoms with E-state index in [9.17, 15) is 26.3 Å². The van der Waals surface area contributed by atoms with Crippen LogP contribution >= 0.6 is 0 Å². The van der Waals surface area contributed by atoms with Gasteiger partial charge >= 0.3 is 12.3 Å². The molecule has 0 amide bonds. The summed E-state index contributed by atoms with van der Waals surface area (Å²) in [5.74, 6) is -5.88. The summed E-state index contributed by atoms with van der Waals surface area (Å²) in [6, 6.07) is 3.35. The van der Waals surface area contributed by atoms with Crippen molar-refractivity contribution in [3.63, 3.8) is 0 Å². The number of hydrogen-bond acceptors (Lipinski definition) is 5. The average molecular weight is 482 g/mol. The molecule has 0 fully saturated rings. The number of fused-ring (bicyclic) bond motifs is 3. The molecule has 34 heavy (non-hydrogen) atoms. The topological polar surface area (TPSA) is 78.4 Å². The number of alkyl halides is 5. The van der Waals surface area contributed by atoms with Crippen molar-refractivity contribution in [3.8, 4) is 22.6 Å². The van der Waals surface area contributed by atoms with E-state index in [-0.39, 0.29) is 23.6 Å². The Labute approximate surface area is 187 Å². The lowest BCUT2D eigenvalue weighted by molar-refractivity contribution is -0.143. The van der Waals surface area contributed by atoms with Crippen LogP contribution in [-0.2, 0) is 19.5 Å². The molecular weight excluding hydrogens is 466 g/mol. The Bertz CT molecular complexity index is 1360. The fraction of sp³-hybridized carbons (Fsp3) is 0.300. The lowest BCUT2D eigenvalue weighted by atomic mass is 10.1. The number of hydrogen-bond donors (Lipinski definition) is 1. The SMILES string of the molecule is Cn1nccc1Nc1cc(-c2cc3n(c2)C[C@H](CF)n2c-3nnc2C(F)(F)C(F)F)c(F)cn1. The van der Waals surface area contributed by atoms with E-state index in [1.165, 1.54) is 22.9 Å². The molecule has 1 aliphatic rings. The van der Waals surface area contributed by atoms with Gasteiger partial charge in [0, 0.05) is 37.0 Å². The first kappa shape index (κ1) is 22.0. The van der Waals surface area contributed by atoms with E-state index < -0.39 is 36.7 Å². The fourth-order valence-corrected chi connectivity index (χ4v) is 3.92. The summed E-state index contributed by atoms with van der Waals surface area (Å²) < 4.78 is 86.2. The molecule has 14 heteroatoms. The van der Waals surface area contributed by atoms with Gasteiger partial charge in [0.25, 0.3) is 0 Å². The van der Waals surface area contributed by atoms with E-state index in [0.29, 0.717) is 21.8 Å². The summed E-state index contributed by atoms with van der Waals surface area (Å²) in [6.45, 7) is -1.28. The Hall–Kier alpha value is -3.84. The van der Waals surface area contributed by atoms with Crippen molar-refractivity contribution < 1.29 is 26.3 Å². The molecule has 0 unspecified atom stereocenters. The zero-order valence-electron chi connectivity index (χ0n) is 17.4. The number of aromatic nitrogens is 7. The quantitative estimate of drug-likeness (QED) is 0.415. The Balaban J connectivity index is 1.57. The summed E-state index contributed by atoms with van der Waals surface area (Å²) >= 11 is 0. The minimum absolute atomic E-state index is 0.127. The monoisotopic (exact) mass is 482 g/mol. The van der Waals surface area contributed by atoms with Gasteiger partial charge in [-0.05, 0) is 12.1 Å². The largest absolute Gasteiger partial charge is 0.365 e. The molecular formula is C20H16F6N8. The molecule has 1 atom stereocenters. The molecule has 0 radical (unpaired) electrons. The number of aryl methyl sites for hydroxylation is 1. The predicted molar refractivity (Wildman–Crippen MR) is 108 cm³/mol. The number of rotatable bonds is 6. The fourth-order valence-electron chi connectivity index (χ4n) is 3.92. The number of anilines is 2. The molecule has 5 heterocycles. The molecule has 4 aromatic rings. The van der Waals surface area contributed by atoms with Gasteiger partial charge in [0.2, 0.25) is 5.82 Å². The van der Waals surface area contributed by atoms with Crippen molar-refractivity contribution in [2.45, 2.75) is 24.9 Å². The molecule has 1 aliphatic heterocycles. The van der Waals surface area contributed by atoms with Crippen LogP contribution in [0.15, 0.2) is 36.8 Å². The van der Waals surface area contributed by atoms with E-state index in [1.54, 1.807) is 24.0 Å². The molecule has 0 saturated carbocycles. The first-order valence-electron chi connectivity index (χ1n) is 9.99. The molecule has 5 rings (SSSR count). The lowest BCUT2D eigenvalue weighted by Gasteiger charge is -2.27. The van der Waals surface area contributed by atoms with Gasteiger partial charge in [0.05, 0.1) is 24.1 Å². The van der Waals surface area contributed by atoms with Crippen LogP contribution in [0.5, 0.6) is 0 Å². The van der Waals surface area contributed by atoms with Crippen LogP contribution < -0.4 is 5.32 Å². The van der Waals surface area contributed by atoms with Gasteiger partial charge in [-0.1, -0.05) is 0 Å². The normalized spacial score (nSPS) is 15.5. The second-order valence-electron chi connectivity index (χ2n) is 7.73. The van der Waals surface area contributed by atoms with E-state index in [1.807, 2.05) is 0 Å². The molecule has 0 aromatic carbocycles. The van der Waals surface area contributed by atoms with Crippen LogP contribution in [0.25, 0.3) is 22.6 Å². The second-order valence-corrected chi connectivity index (χ2v) is 7.73. The summed E-state index contributed by atoms with van der Waals surface area (Å²) in [5.41, 5.74) is 0.669. The van der Waals surface area contributed by atoms with Crippen LogP contribution in [0.1, 0.15) is 11.9 Å². The molecule has 1 N–H and O–H groups in total. The third kappa shape index (κ3) is 3.40. The maximum Gasteiger partial charge on any atom is 0.365 e. The maximum atomic E-state index is 14.7. The number of halogens is 6. The van der Waals surface area contributed by atoms with Gasteiger partial charge in [-0.15, -0.1) is 10.2 Å². The van der Waals surface area contributed by atoms with Crippen LogP contribution in [0, 0.1) is 5.82 Å². The van der Waals surface area contributed by atoms with Crippen LogP contribution in [-0.4, -0.2) is 47.2 Å². The number of nitrogens with zero attached hydrogens (tertiary/aromatic N) is 7. The van der Waals surface area contributed by atoms with E-state index in [0.717, 1.165) is 6.20 Å². The molecule has 0 saturated heterocycles. The Kier molecular flexibility index (Phi) is 5.10. The van der Waals surface area contributed by atoms with Gasteiger partial charge in [-0.2, -0.15) is 13.9 Å². The molecule has 0 spiro atoms. The van der Waals surface area contributed by atoms with Crippen LogP contribution in [0.4, 0.5) is 38.0 Å². The molecule has 178 valence electrons. The third-order valence-electron chi connectivity index (χ3n) is 5.59. The zero-order valence-corrected chi connectivity index (χ0v) is 17.4. The molecule has 8 nitrogen and oxygen atoms in total. The zero-order chi connectivity index (χ0) is 24.2. The van der Waals surface area contributed by atoms with Gasteiger partial charge in [-0.25, -0.2) is 22.5 Å². The van der Waals surface area contributed by atoms with Gasteiger partial charge in [-0.3, -0.25) is 9.25 Å².